The summed E-state index contributed by atoms with van der Waals surface area (Å²) in [5.41, 5.74) is 1.54. The first-order chi connectivity index (χ1) is 9.52. The number of aryl methyl sites for hydroxylation is 1. The van der Waals surface area contributed by atoms with Crippen molar-refractivity contribution < 1.29 is 9.63 Å². The lowest BCUT2D eigenvalue weighted by Gasteiger charge is -2.16. The zero-order valence-electron chi connectivity index (χ0n) is 11.8. The summed E-state index contributed by atoms with van der Waals surface area (Å²) < 4.78 is 5.30. The van der Waals surface area contributed by atoms with Crippen molar-refractivity contribution in [3.63, 3.8) is 0 Å². The van der Waals surface area contributed by atoms with E-state index >= 15 is 0 Å². The maximum atomic E-state index is 9.95. The van der Waals surface area contributed by atoms with E-state index in [0.29, 0.717) is 24.8 Å². The van der Waals surface area contributed by atoms with Gasteiger partial charge in [0.15, 0.2) is 5.82 Å². The monoisotopic (exact) mass is 273 g/mol. The number of aromatic nitrogens is 2. The zero-order chi connectivity index (χ0) is 14.2. The third kappa shape index (κ3) is 2.89. The van der Waals surface area contributed by atoms with Crippen molar-refractivity contribution >= 4 is 0 Å². The molecule has 1 atom stereocenters. The molecule has 0 amide bonds. The fourth-order valence-corrected chi connectivity index (χ4v) is 2.51. The number of nitrogens with zero attached hydrogens (tertiary/aromatic N) is 3. The number of hydrogen-bond acceptors (Lipinski definition) is 5. The van der Waals surface area contributed by atoms with E-state index in [9.17, 15) is 5.11 Å². The van der Waals surface area contributed by atoms with Crippen LogP contribution in [0.2, 0.25) is 0 Å². The first kappa shape index (κ1) is 13.3. The average molecular weight is 273 g/mol. The van der Waals surface area contributed by atoms with Crippen LogP contribution in [0.1, 0.15) is 24.7 Å². The van der Waals surface area contributed by atoms with Gasteiger partial charge in [-0.1, -0.05) is 22.9 Å². The number of β-amino-alcohol motifs (C(OH)–C–C–N with tert-alkyl or cyclic N) is 1. The zero-order valence-corrected chi connectivity index (χ0v) is 11.8. The minimum Gasteiger partial charge on any atom is -0.389 e. The van der Waals surface area contributed by atoms with Gasteiger partial charge in [-0.25, -0.2) is 0 Å². The van der Waals surface area contributed by atoms with E-state index in [-0.39, 0.29) is 0 Å². The normalized spacial score (nSPS) is 23.4. The minimum atomic E-state index is -0.594. The van der Waals surface area contributed by atoms with Gasteiger partial charge >= 0.3 is 0 Å². The predicted molar refractivity (Wildman–Crippen MR) is 75.0 cm³/mol. The van der Waals surface area contributed by atoms with Crippen LogP contribution in [0.25, 0.3) is 11.5 Å². The molecule has 0 bridgehead atoms. The lowest BCUT2D eigenvalue weighted by Crippen LogP contribution is -2.29. The predicted octanol–water partition coefficient (Wildman–Crippen LogP) is 2.00. The molecule has 1 unspecified atom stereocenters. The van der Waals surface area contributed by atoms with Crippen LogP contribution in [0.15, 0.2) is 28.8 Å². The van der Waals surface area contributed by atoms with Crippen LogP contribution in [-0.2, 0) is 6.54 Å². The first-order valence-electron chi connectivity index (χ1n) is 6.86. The highest BCUT2D eigenvalue weighted by atomic mass is 16.5. The van der Waals surface area contributed by atoms with Crippen molar-refractivity contribution in [1.82, 2.24) is 15.0 Å². The van der Waals surface area contributed by atoms with Crippen molar-refractivity contribution in [2.45, 2.75) is 32.4 Å². The SMILES string of the molecule is Cc1ccc(-c2nc(CN3CCC(C)(O)C3)no2)cc1. The topological polar surface area (TPSA) is 62.4 Å². The molecule has 20 heavy (non-hydrogen) atoms. The van der Waals surface area contributed by atoms with Gasteiger partial charge in [-0.2, -0.15) is 4.98 Å². The van der Waals surface area contributed by atoms with E-state index in [1.165, 1.54) is 5.56 Å². The van der Waals surface area contributed by atoms with Gasteiger partial charge < -0.3 is 9.63 Å². The van der Waals surface area contributed by atoms with Crippen LogP contribution in [0.5, 0.6) is 0 Å². The van der Waals surface area contributed by atoms with Gasteiger partial charge in [0.25, 0.3) is 5.89 Å². The Morgan fingerprint density at radius 3 is 2.75 bits per heavy atom. The Bertz CT molecular complexity index is 589. The maximum absolute atomic E-state index is 9.95. The molecular formula is C15H19N3O2. The molecule has 2 aromatic rings. The van der Waals surface area contributed by atoms with E-state index < -0.39 is 5.60 Å². The van der Waals surface area contributed by atoms with Crippen LogP contribution >= 0.6 is 0 Å². The molecule has 0 saturated carbocycles. The van der Waals surface area contributed by atoms with E-state index in [4.69, 9.17) is 4.52 Å². The molecule has 0 aliphatic carbocycles. The highest BCUT2D eigenvalue weighted by Crippen LogP contribution is 2.22. The standard InChI is InChI=1S/C15H19N3O2/c1-11-3-5-12(6-4-11)14-16-13(17-20-14)9-18-8-7-15(2,19)10-18/h3-6,19H,7-10H2,1-2H3. The molecule has 0 spiro atoms. The Labute approximate surface area is 118 Å². The summed E-state index contributed by atoms with van der Waals surface area (Å²) >= 11 is 0. The molecule has 1 aromatic carbocycles. The fourth-order valence-electron chi connectivity index (χ4n) is 2.51. The Hall–Kier alpha value is -1.72. The molecule has 1 aliphatic heterocycles. The summed E-state index contributed by atoms with van der Waals surface area (Å²) in [7, 11) is 0. The molecular weight excluding hydrogens is 254 g/mol. The van der Waals surface area contributed by atoms with E-state index in [1.807, 2.05) is 38.1 Å². The van der Waals surface area contributed by atoms with Gasteiger partial charge in [-0.3, -0.25) is 4.90 Å². The van der Waals surface area contributed by atoms with Crippen molar-refractivity contribution in [2.24, 2.45) is 0 Å². The third-order valence-electron chi connectivity index (χ3n) is 3.66. The molecule has 3 rings (SSSR count). The summed E-state index contributed by atoms with van der Waals surface area (Å²) in [5, 5.41) is 14.0. The Balaban J connectivity index is 1.70. The average Bonchev–Trinajstić information content (AvgIpc) is 2.98. The summed E-state index contributed by atoms with van der Waals surface area (Å²) in [4.78, 5) is 6.56. The van der Waals surface area contributed by atoms with Crippen LogP contribution in [0.4, 0.5) is 0 Å². The highest BCUT2D eigenvalue weighted by molar-refractivity contribution is 5.53. The summed E-state index contributed by atoms with van der Waals surface area (Å²) in [5.74, 6) is 1.21. The number of hydrogen-bond donors (Lipinski definition) is 1. The molecule has 2 heterocycles. The van der Waals surface area contributed by atoms with Crippen molar-refractivity contribution in [3.05, 3.63) is 35.7 Å². The van der Waals surface area contributed by atoms with Crippen molar-refractivity contribution in [3.8, 4) is 11.5 Å². The van der Waals surface area contributed by atoms with Gasteiger partial charge in [-0.05, 0) is 32.4 Å². The van der Waals surface area contributed by atoms with Crippen LogP contribution < -0.4 is 0 Å². The second-order valence-corrected chi connectivity index (χ2v) is 5.84. The molecule has 106 valence electrons. The number of rotatable bonds is 3. The van der Waals surface area contributed by atoms with Crippen LogP contribution in [0, 0.1) is 6.92 Å². The molecule has 1 fully saturated rings. The molecule has 1 aliphatic rings. The van der Waals surface area contributed by atoms with Gasteiger partial charge in [0.2, 0.25) is 0 Å². The second-order valence-electron chi connectivity index (χ2n) is 5.84. The van der Waals surface area contributed by atoms with E-state index in [1.54, 1.807) is 0 Å². The smallest absolute Gasteiger partial charge is 0.257 e. The van der Waals surface area contributed by atoms with Crippen molar-refractivity contribution in [2.75, 3.05) is 13.1 Å². The lowest BCUT2D eigenvalue weighted by molar-refractivity contribution is 0.0675. The molecule has 1 aromatic heterocycles. The van der Waals surface area contributed by atoms with Gasteiger partial charge in [0.05, 0.1) is 12.1 Å². The highest BCUT2D eigenvalue weighted by Gasteiger charge is 2.31. The second kappa shape index (κ2) is 5.00. The number of aliphatic hydroxyl groups is 1. The molecule has 1 N–H and O–H groups in total. The molecule has 1 saturated heterocycles. The van der Waals surface area contributed by atoms with Gasteiger partial charge in [0, 0.05) is 18.7 Å². The van der Waals surface area contributed by atoms with Gasteiger partial charge in [-0.15, -0.1) is 0 Å². The Kier molecular flexibility index (Phi) is 3.31. The molecule has 0 radical (unpaired) electrons. The Morgan fingerprint density at radius 1 is 1.35 bits per heavy atom. The van der Waals surface area contributed by atoms with Gasteiger partial charge in [0.1, 0.15) is 0 Å². The lowest BCUT2D eigenvalue weighted by atomic mass is 10.1. The van der Waals surface area contributed by atoms with Crippen molar-refractivity contribution in [1.29, 1.82) is 0 Å². The number of benzene rings is 1. The minimum absolute atomic E-state index is 0.547. The van der Waals surface area contributed by atoms with Crippen LogP contribution in [-0.4, -0.2) is 38.8 Å². The van der Waals surface area contributed by atoms with E-state index in [0.717, 1.165) is 18.5 Å². The fraction of sp³-hybridized carbons (Fsp3) is 0.467. The van der Waals surface area contributed by atoms with Crippen LogP contribution in [0.3, 0.4) is 0 Å². The summed E-state index contributed by atoms with van der Waals surface area (Å²) in [6.45, 7) is 6.04. The molecule has 5 nitrogen and oxygen atoms in total. The summed E-state index contributed by atoms with van der Waals surface area (Å²) in [6, 6.07) is 8.01. The van der Waals surface area contributed by atoms with E-state index in [2.05, 4.69) is 15.0 Å². The quantitative estimate of drug-likeness (QED) is 0.926. The molecule has 5 heteroatoms. The first-order valence-corrected chi connectivity index (χ1v) is 6.86. The largest absolute Gasteiger partial charge is 0.389 e. The third-order valence-corrected chi connectivity index (χ3v) is 3.66. The Morgan fingerprint density at radius 2 is 2.10 bits per heavy atom. The maximum Gasteiger partial charge on any atom is 0.257 e. The number of likely N-dealkylation sites (tertiary alicyclic amines) is 1. The summed E-state index contributed by atoms with van der Waals surface area (Å²) in [6.07, 6.45) is 0.787.